The highest BCUT2D eigenvalue weighted by molar-refractivity contribution is 8.26. The van der Waals surface area contributed by atoms with E-state index in [1.54, 1.807) is 32.3 Å². The number of carbonyl (C=O) groups excluding carboxylic acids is 1. The van der Waals surface area contributed by atoms with E-state index >= 15 is 0 Å². The quantitative estimate of drug-likeness (QED) is 0.408. The fourth-order valence-corrected chi connectivity index (χ4v) is 4.99. The molecule has 1 amide bonds. The van der Waals surface area contributed by atoms with Crippen LogP contribution in [0.1, 0.15) is 5.76 Å². The minimum atomic E-state index is -0.0935. The normalized spacial score (nSPS) is 18.3. The second-order valence-electron chi connectivity index (χ2n) is 7.40. The van der Waals surface area contributed by atoms with Crippen LogP contribution in [0.5, 0.6) is 17.2 Å². The molecule has 3 heterocycles. The lowest BCUT2D eigenvalue weighted by Gasteiger charge is -2.28. The fourth-order valence-electron chi connectivity index (χ4n) is 3.70. The van der Waals surface area contributed by atoms with Crippen LogP contribution >= 0.6 is 24.0 Å². The van der Waals surface area contributed by atoms with Gasteiger partial charge in [0.1, 0.15) is 15.8 Å². The summed E-state index contributed by atoms with van der Waals surface area (Å²) in [5.74, 6) is 2.66. The van der Waals surface area contributed by atoms with Crippen molar-refractivity contribution in [3.8, 4) is 28.6 Å². The number of benzene rings is 1. The van der Waals surface area contributed by atoms with Crippen LogP contribution in [-0.2, 0) is 9.53 Å². The number of nitrogens with zero attached hydrogens (tertiary/aromatic N) is 2. The Labute approximate surface area is 202 Å². The maximum absolute atomic E-state index is 12.9. The van der Waals surface area contributed by atoms with Crippen molar-refractivity contribution < 1.29 is 28.2 Å². The predicted octanol–water partition coefficient (Wildman–Crippen LogP) is 3.51. The Kier molecular flexibility index (Phi) is 7.59. The number of hydrogen-bond acceptors (Lipinski definition) is 9. The van der Waals surface area contributed by atoms with Crippen LogP contribution in [-0.4, -0.2) is 80.7 Å². The zero-order chi connectivity index (χ0) is 23.4. The number of thioether (sulfide) groups is 1. The van der Waals surface area contributed by atoms with Gasteiger partial charge in [0.2, 0.25) is 5.75 Å². The molecule has 33 heavy (non-hydrogen) atoms. The molecule has 2 saturated heterocycles. The summed E-state index contributed by atoms with van der Waals surface area (Å²) in [5, 5.41) is 0. The van der Waals surface area contributed by atoms with Crippen molar-refractivity contribution in [2.75, 3.05) is 60.7 Å². The Bertz CT molecular complexity index is 1040. The van der Waals surface area contributed by atoms with Gasteiger partial charge in [-0.25, -0.2) is 0 Å². The molecule has 2 aromatic rings. The lowest BCUT2D eigenvalue weighted by Crippen LogP contribution is -2.42. The van der Waals surface area contributed by atoms with Gasteiger partial charge in [0.05, 0.1) is 39.4 Å². The Morgan fingerprint density at radius 2 is 1.76 bits per heavy atom. The summed E-state index contributed by atoms with van der Waals surface area (Å²) in [5.41, 5.74) is 0.766. The first kappa shape index (κ1) is 23.6. The van der Waals surface area contributed by atoms with E-state index in [0.717, 1.165) is 38.4 Å². The number of rotatable bonds is 8. The van der Waals surface area contributed by atoms with E-state index in [-0.39, 0.29) is 5.91 Å². The largest absolute Gasteiger partial charge is 0.493 e. The smallest absolute Gasteiger partial charge is 0.266 e. The molecule has 0 atom stereocenters. The molecular weight excluding hydrogens is 464 g/mol. The van der Waals surface area contributed by atoms with Crippen molar-refractivity contribution in [1.82, 2.24) is 9.80 Å². The van der Waals surface area contributed by atoms with Crippen LogP contribution in [0.3, 0.4) is 0 Å². The number of carbonyl (C=O) groups is 1. The summed E-state index contributed by atoms with van der Waals surface area (Å²) in [4.78, 5) is 17.4. The minimum absolute atomic E-state index is 0.0935. The summed E-state index contributed by atoms with van der Waals surface area (Å²) >= 11 is 6.75. The lowest BCUT2D eigenvalue weighted by molar-refractivity contribution is -0.122. The van der Waals surface area contributed by atoms with E-state index in [1.807, 2.05) is 24.3 Å². The van der Waals surface area contributed by atoms with Crippen molar-refractivity contribution >= 4 is 40.3 Å². The van der Waals surface area contributed by atoms with Crippen molar-refractivity contribution in [3.05, 3.63) is 34.9 Å². The molecule has 0 aliphatic carbocycles. The van der Waals surface area contributed by atoms with Gasteiger partial charge in [0.15, 0.2) is 11.5 Å². The first-order chi connectivity index (χ1) is 16.0. The van der Waals surface area contributed by atoms with Gasteiger partial charge in [-0.3, -0.25) is 14.6 Å². The molecule has 0 N–H and O–H groups in total. The molecule has 10 heteroatoms. The zero-order valence-electron chi connectivity index (χ0n) is 18.8. The van der Waals surface area contributed by atoms with Crippen molar-refractivity contribution in [1.29, 1.82) is 0 Å². The summed E-state index contributed by atoms with van der Waals surface area (Å²) in [6.45, 7) is 4.55. The molecule has 2 aliphatic heterocycles. The number of methoxy groups -OCH3 is 3. The minimum Gasteiger partial charge on any atom is -0.493 e. The van der Waals surface area contributed by atoms with Crippen LogP contribution in [0.2, 0.25) is 0 Å². The molecule has 0 radical (unpaired) electrons. The maximum atomic E-state index is 12.9. The topological polar surface area (TPSA) is 73.6 Å². The Balaban J connectivity index is 1.49. The van der Waals surface area contributed by atoms with Gasteiger partial charge >= 0.3 is 0 Å². The van der Waals surface area contributed by atoms with Gasteiger partial charge in [0, 0.05) is 37.8 Å². The van der Waals surface area contributed by atoms with E-state index in [2.05, 4.69) is 4.90 Å². The Morgan fingerprint density at radius 1 is 1.06 bits per heavy atom. The summed E-state index contributed by atoms with van der Waals surface area (Å²) in [6.07, 6.45) is 1.73. The number of morpholine rings is 1. The molecule has 2 fully saturated rings. The molecule has 1 aromatic heterocycles. The molecule has 0 bridgehead atoms. The molecule has 1 aromatic carbocycles. The van der Waals surface area contributed by atoms with Gasteiger partial charge < -0.3 is 23.4 Å². The van der Waals surface area contributed by atoms with E-state index in [9.17, 15) is 4.79 Å². The van der Waals surface area contributed by atoms with Crippen LogP contribution in [0.4, 0.5) is 0 Å². The average molecular weight is 491 g/mol. The summed E-state index contributed by atoms with van der Waals surface area (Å²) in [6, 6.07) is 7.29. The number of furan rings is 1. The SMILES string of the molecule is COc1cc(-c2ccc(/C=C3\SC(=S)N(CCN4CCOCC4)C3=O)o2)cc(OC)c1OC. The Morgan fingerprint density at radius 3 is 2.39 bits per heavy atom. The third-order valence-electron chi connectivity index (χ3n) is 5.47. The van der Waals surface area contributed by atoms with Gasteiger partial charge in [-0.2, -0.15) is 0 Å². The van der Waals surface area contributed by atoms with Crippen molar-refractivity contribution in [3.63, 3.8) is 0 Å². The maximum Gasteiger partial charge on any atom is 0.266 e. The second-order valence-corrected chi connectivity index (χ2v) is 9.08. The molecule has 2 aliphatic rings. The van der Waals surface area contributed by atoms with Gasteiger partial charge in [0.25, 0.3) is 5.91 Å². The average Bonchev–Trinajstić information content (AvgIpc) is 3.41. The summed E-state index contributed by atoms with van der Waals surface area (Å²) < 4.78 is 28.2. The van der Waals surface area contributed by atoms with E-state index in [4.69, 9.17) is 35.6 Å². The second kappa shape index (κ2) is 10.6. The van der Waals surface area contributed by atoms with Crippen LogP contribution in [0.15, 0.2) is 33.6 Å². The molecule has 0 saturated carbocycles. The molecule has 0 unspecified atom stereocenters. The van der Waals surface area contributed by atoms with E-state index in [0.29, 0.717) is 44.5 Å². The molecular formula is C23H26N2O6S2. The number of ether oxygens (including phenoxy) is 4. The standard InChI is InChI=1S/C23H26N2O6S2/c1-27-18-12-15(13-19(28-2)21(18)29-3)17-5-4-16(31-17)14-20-22(26)25(23(32)33-20)7-6-24-8-10-30-11-9-24/h4-5,12-14H,6-11H2,1-3H3/b20-14-. The lowest BCUT2D eigenvalue weighted by atomic mass is 10.1. The van der Waals surface area contributed by atoms with Gasteiger partial charge in [-0.05, 0) is 24.3 Å². The van der Waals surface area contributed by atoms with E-state index in [1.165, 1.54) is 11.8 Å². The first-order valence-electron chi connectivity index (χ1n) is 10.5. The number of amides is 1. The third kappa shape index (κ3) is 5.19. The number of hydrogen-bond donors (Lipinski definition) is 0. The highest BCUT2D eigenvalue weighted by Gasteiger charge is 2.32. The molecule has 4 rings (SSSR count). The first-order valence-corrected chi connectivity index (χ1v) is 11.7. The summed E-state index contributed by atoms with van der Waals surface area (Å²) in [7, 11) is 4.69. The highest BCUT2D eigenvalue weighted by atomic mass is 32.2. The van der Waals surface area contributed by atoms with E-state index < -0.39 is 0 Å². The third-order valence-corrected chi connectivity index (χ3v) is 6.84. The van der Waals surface area contributed by atoms with Crippen LogP contribution in [0, 0.1) is 0 Å². The van der Waals surface area contributed by atoms with Gasteiger partial charge in [-0.15, -0.1) is 0 Å². The monoisotopic (exact) mass is 490 g/mol. The Hall–Kier alpha value is -2.53. The van der Waals surface area contributed by atoms with Crippen LogP contribution in [0.25, 0.3) is 17.4 Å². The highest BCUT2D eigenvalue weighted by Crippen LogP contribution is 2.42. The zero-order valence-corrected chi connectivity index (χ0v) is 20.4. The van der Waals surface area contributed by atoms with Crippen molar-refractivity contribution in [2.45, 2.75) is 0 Å². The van der Waals surface area contributed by atoms with Crippen LogP contribution < -0.4 is 14.2 Å². The number of thiocarbonyl (C=S) groups is 1. The molecule has 176 valence electrons. The predicted molar refractivity (Wildman–Crippen MR) is 131 cm³/mol. The molecule has 0 spiro atoms. The fraction of sp³-hybridized carbons (Fsp3) is 0.391. The van der Waals surface area contributed by atoms with Crippen molar-refractivity contribution in [2.24, 2.45) is 0 Å². The molecule has 8 nitrogen and oxygen atoms in total. The van der Waals surface area contributed by atoms with Gasteiger partial charge in [-0.1, -0.05) is 24.0 Å².